The first kappa shape index (κ1) is 19.8. The molecule has 0 saturated carbocycles. The number of halogens is 1. The van der Waals surface area contributed by atoms with Crippen LogP contribution in [0, 0.1) is 5.82 Å². The van der Waals surface area contributed by atoms with Crippen LogP contribution in [0.15, 0.2) is 60.3 Å². The zero-order valence-electron chi connectivity index (χ0n) is 14.6. The zero-order chi connectivity index (χ0) is 19.8. The van der Waals surface area contributed by atoms with Crippen LogP contribution in [0.4, 0.5) is 4.39 Å². The number of benzene rings is 2. The summed E-state index contributed by atoms with van der Waals surface area (Å²) in [6.45, 7) is 1.23. The van der Waals surface area contributed by atoms with Crippen molar-refractivity contribution in [3.05, 3.63) is 77.2 Å². The SMILES string of the molecule is CC(=O)N/C(=C\c1ccc(F)cc1)C(=O)N[C@@H](Cc1ccccc1)C(=O)O. The Kier molecular flexibility index (Phi) is 6.82. The van der Waals surface area contributed by atoms with E-state index in [-0.39, 0.29) is 12.1 Å². The molecule has 27 heavy (non-hydrogen) atoms. The van der Waals surface area contributed by atoms with Gasteiger partial charge in [0.25, 0.3) is 5.91 Å². The standard InChI is InChI=1S/C20H19FN2O4/c1-13(24)22-17(11-15-7-9-16(21)10-8-15)19(25)23-18(20(26)27)12-14-5-3-2-4-6-14/h2-11,18H,12H2,1H3,(H,22,24)(H,23,25)(H,26,27)/b17-11-/t18-/m0/s1. The fourth-order valence-electron chi connectivity index (χ4n) is 2.36. The van der Waals surface area contributed by atoms with Gasteiger partial charge < -0.3 is 15.7 Å². The van der Waals surface area contributed by atoms with E-state index in [1.54, 1.807) is 30.3 Å². The topological polar surface area (TPSA) is 95.5 Å². The molecule has 0 aliphatic heterocycles. The number of carboxylic acids is 1. The number of carboxylic acid groups (broad SMARTS) is 1. The van der Waals surface area contributed by atoms with Crippen LogP contribution in [0.2, 0.25) is 0 Å². The molecule has 2 aromatic carbocycles. The van der Waals surface area contributed by atoms with Gasteiger partial charge >= 0.3 is 5.97 Å². The number of carbonyl (C=O) groups excluding carboxylic acids is 2. The van der Waals surface area contributed by atoms with Gasteiger partial charge in [-0.2, -0.15) is 0 Å². The van der Waals surface area contributed by atoms with Gasteiger partial charge in [-0.25, -0.2) is 9.18 Å². The summed E-state index contributed by atoms with van der Waals surface area (Å²) >= 11 is 0. The van der Waals surface area contributed by atoms with E-state index < -0.39 is 29.6 Å². The Morgan fingerprint density at radius 1 is 1.07 bits per heavy atom. The van der Waals surface area contributed by atoms with E-state index in [1.165, 1.54) is 37.3 Å². The van der Waals surface area contributed by atoms with Crippen molar-refractivity contribution in [2.45, 2.75) is 19.4 Å². The lowest BCUT2D eigenvalue weighted by atomic mass is 10.1. The summed E-state index contributed by atoms with van der Waals surface area (Å²) in [6.07, 6.45) is 1.43. The lowest BCUT2D eigenvalue weighted by Crippen LogP contribution is -2.45. The molecule has 0 heterocycles. The Labute approximate surface area is 155 Å². The van der Waals surface area contributed by atoms with Gasteiger partial charge in [0, 0.05) is 13.3 Å². The summed E-state index contributed by atoms with van der Waals surface area (Å²) < 4.78 is 13.0. The van der Waals surface area contributed by atoms with E-state index in [2.05, 4.69) is 10.6 Å². The monoisotopic (exact) mass is 370 g/mol. The van der Waals surface area contributed by atoms with Crippen LogP contribution in [0.3, 0.4) is 0 Å². The molecule has 2 rings (SSSR count). The Balaban J connectivity index is 2.21. The second-order valence-corrected chi connectivity index (χ2v) is 5.84. The molecule has 0 aliphatic rings. The third kappa shape index (κ3) is 6.39. The van der Waals surface area contributed by atoms with Gasteiger partial charge in [-0.05, 0) is 29.3 Å². The number of rotatable bonds is 7. The van der Waals surface area contributed by atoms with Gasteiger partial charge in [0.2, 0.25) is 5.91 Å². The fourth-order valence-corrected chi connectivity index (χ4v) is 2.36. The second-order valence-electron chi connectivity index (χ2n) is 5.84. The molecule has 7 heteroatoms. The fraction of sp³-hybridized carbons (Fsp3) is 0.150. The molecule has 140 valence electrons. The molecule has 0 saturated heterocycles. The highest BCUT2D eigenvalue weighted by molar-refractivity contribution is 6.02. The highest BCUT2D eigenvalue weighted by Crippen LogP contribution is 2.09. The lowest BCUT2D eigenvalue weighted by Gasteiger charge is -2.16. The quantitative estimate of drug-likeness (QED) is 0.651. The summed E-state index contributed by atoms with van der Waals surface area (Å²) in [5, 5.41) is 14.2. The average molecular weight is 370 g/mol. The van der Waals surface area contributed by atoms with Crippen molar-refractivity contribution in [1.29, 1.82) is 0 Å². The largest absolute Gasteiger partial charge is 0.480 e. The van der Waals surface area contributed by atoms with E-state index in [9.17, 15) is 23.9 Å². The molecule has 0 spiro atoms. The van der Waals surface area contributed by atoms with Gasteiger partial charge in [-0.1, -0.05) is 42.5 Å². The van der Waals surface area contributed by atoms with E-state index in [0.717, 1.165) is 5.56 Å². The molecule has 0 aliphatic carbocycles. The minimum atomic E-state index is -1.20. The van der Waals surface area contributed by atoms with Crippen molar-refractivity contribution in [3.63, 3.8) is 0 Å². The summed E-state index contributed by atoms with van der Waals surface area (Å²) in [4.78, 5) is 35.4. The third-order valence-electron chi connectivity index (χ3n) is 3.62. The minimum Gasteiger partial charge on any atom is -0.480 e. The maximum Gasteiger partial charge on any atom is 0.326 e. The van der Waals surface area contributed by atoms with Crippen molar-refractivity contribution in [2.75, 3.05) is 0 Å². The van der Waals surface area contributed by atoms with E-state index in [1.807, 2.05) is 0 Å². The van der Waals surface area contributed by atoms with Crippen molar-refractivity contribution < 1.29 is 23.9 Å². The Hall–Kier alpha value is -3.48. The second kappa shape index (κ2) is 9.28. The molecular weight excluding hydrogens is 351 g/mol. The van der Waals surface area contributed by atoms with Crippen LogP contribution in [-0.4, -0.2) is 28.9 Å². The van der Waals surface area contributed by atoms with Gasteiger partial charge in [0.05, 0.1) is 0 Å². The predicted octanol–water partition coefficient (Wildman–Crippen LogP) is 2.11. The lowest BCUT2D eigenvalue weighted by molar-refractivity contribution is -0.141. The molecule has 1 atom stereocenters. The molecule has 6 nitrogen and oxygen atoms in total. The first-order valence-electron chi connectivity index (χ1n) is 8.17. The van der Waals surface area contributed by atoms with E-state index in [0.29, 0.717) is 5.56 Å². The normalized spacial score (nSPS) is 12.1. The maximum atomic E-state index is 13.0. The van der Waals surface area contributed by atoms with E-state index >= 15 is 0 Å². The summed E-state index contributed by atoms with van der Waals surface area (Å²) in [5.41, 5.74) is 1.09. The van der Waals surface area contributed by atoms with Crippen molar-refractivity contribution in [3.8, 4) is 0 Å². The Bertz CT molecular complexity index is 848. The van der Waals surface area contributed by atoms with E-state index in [4.69, 9.17) is 0 Å². The number of hydrogen-bond donors (Lipinski definition) is 3. The molecule has 0 aromatic heterocycles. The highest BCUT2D eigenvalue weighted by atomic mass is 19.1. The van der Waals surface area contributed by atoms with Crippen LogP contribution < -0.4 is 10.6 Å². The summed E-state index contributed by atoms with van der Waals surface area (Å²) in [5.74, 6) is -2.88. The van der Waals surface area contributed by atoms with Crippen molar-refractivity contribution in [2.24, 2.45) is 0 Å². The van der Waals surface area contributed by atoms with Crippen LogP contribution in [0.1, 0.15) is 18.1 Å². The smallest absolute Gasteiger partial charge is 0.326 e. The van der Waals surface area contributed by atoms with Crippen LogP contribution >= 0.6 is 0 Å². The molecule has 0 unspecified atom stereocenters. The van der Waals surface area contributed by atoms with Crippen molar-refractivity contribution in [1.82, 2.24) is 10.6 Å². The molecule has 2 amide bonds. The van der Waals surface area contributed by atoms with Gasteiger partial charge in [0.15, 0.2) is 0 Å². The van der Waals surface area contributed by atoms with Gasteiger partial charge in [-0.15, -0.1) is 0 Å². The molecule has 0 fully saturated rings. The Morgan fingerprint density at radius 3 is 2.26 bits per heavy atom. The first-order valence-corrected chi connectivity index (χ1v) is 8.17. The number of amides is 2. The molecule has 3 N–H and O–H groups in total. The van der Waals surface area contributed by atoms with Gasteiger partial charge in [-0.3, -0.25) is 9.59 Å². The molecule has 2 aromatic rings. The molecule has 0 radical (unpaired) electrons. The highest BCUT2D eigenvalue weighted by Gasteiger charge is 2.22. The Morgan fingerprint density at radius 2 is 1.70 bits per heavy atom. The van der Waals surface area contributed by atoms with Crippen LogP contribution in [0.5, 0.6) is 0 Å². The summed E-state index contributed by atoms with van der Waals surface area (Å²) in [7, 11) is 0. The predicted molar refractivity (Wildman–Crippen MR) is 97.9 cm³/mol. The van der Waals surface area contributed by atoms with Crippen LogP contribution in [0.25, 0.3) is 6.08 Å². The number of carbonyl (C=O) groups is 3. The molecule has 0 bridgehead atoms. The minimum absolute atomic E-state index is 0.0891. The van der Waals surface area contributed by atoms with Gasteiger partial charge in [0.1, 0.15) is 17.6 Å². The maximum absolute atomic E-state index is 13.0. The zero-order valence-corrected chi connectivity index (χ0v) is 14.6. The number of hydrogen-bond acceptors (Lipinski definition) is 3. The summed E-state index contributed by atoms with van der Waals surface area (Å²) in [6, 6.07) is 13.0. The number of aliphatic carboxylic acids is 1. The van der Waals surface area contributed by atoms with Crippen molar-refractivity contribution >= 4 is 23.9 Å². The molecular formula is C20H19FN2O4. The first-order chi connectivity index (χ1) is 12.8. The average Bonchev–Trinajstić information content (AvgIpc) is 2.62. The number of nitrogens with one attached hydrogen (secondary N) is 2. The third-order valence-corrected chi connectivity index (χ3v) is 3.62. The van der Waals surface area contributed by atoms with Crippen LogP contribution in [-0.2, 0) is 20.8 Å².